The summed E-state index contributed by atoms with van der Waals surface area (Å²) in [4.78, 5) is 22.4. The minimum absolute atomic E-state index is 0.125. The number of hydrogen-bond donors (Lipinski definition) is 3. The van der Waals surface area contributed by atoms with Crippen molar-refractivity contribution in [2.24, 2.45) is 11.8 Å². The number of urea groups is 1. The molecule has 98 valence electrons. The van der Waals surface area contributed by atoms with Crippen LogP contribution in [0, 0.1) is 11.8 Å². The fraction of sp³-hybridized carbons (Fsp3) is 0.818. The molecule has 5 nitrogen and oxygen atoms in total. The number of carbonyl (C=O) groups is 2. The Kier molecular flexibility index (Phi) is 5.61. The van der Waals surface area contributed by atoms with Crippen molar-refractivity contribution in [2.75, 3.05) is 18.1 Å². The second-order valence-electron chi connectivity index (χ2n) is 4.64. The van der Waals surface area contributed by atoms with Gasteiger partial charge in [0.15, 0.2) is 0 Å². The lowest BCUT2D eigenvalue weighted by Crippen LogP contribution is -2.49. The molecule has 1 fully saturated rings. The zero-order chi connectivity index (χ0) is 12.8. The summed E-state index contributed by atoms with van der Waals surface area (Å²) < 4.78 is 0. The summed E-state index contributed by atoms with van der Waals surface area (Å²) in [6.07, 6.45) is 1.12. The Balaban J connectivity index is 2.29. The first-order valence-corrected chi connectivity index (χ1v) is 7.01. The van der Waals surface area contributed by atoms with E-state index in [1.54, 1.807) is 13.8 Å². The lowest BCUT2D eigenvalue weighted by atomic mass is 10.1. The summed E-state index contributed by atoms with van der Waals surface area (Å²) in [5.74, 6) is 1.63. The highest BCUT2D eigenvalue weighted by molar-refractivity contribution is 7.99. The van der Waals surface area contributed by atoms with Gasteiger partial charge in [0.1, 0.15) is 6.04 Å². The lowest BCUT2D eigenvalue weighted by Gasteiger charge is -2.19. The fourth-order valence-corrected chi connectivity index (χ4v) is 2.97. The molecule has 1 aliphatic rings. The van der Waals surface area contributed by atoms with Gasteiger partial charge in [-0.05, 0) is 29.8 Å². The van der Waals surface area contributed by atoms with E-state index in [1.165, 1.54) is 0 Å². The van der Waals surface area contributed by atoms with E-state index >= 15 is 0 Å². The van der Waals surface area contributed by atoms with Gasteiger partial charge in [-0.25, -0.2) is 9.59 Å². The Morgan fingerprint density at radius 1 is 1.47 bits per heavy atom. The van der Waals surface area contributed by atoms with Crippen LogP contribution >= 0.6 is 11.8 Å². The first kappa shape index (κ1) is 14.2. The van der Waals surface area contributed by atoms with Crippen LogP contribution in [-0.2, 0) is 4.79 Å². The number of carboxylic acids is 1. The van der Waals surface area contributed by atoms with E-state index in [0.717, 1.165) is 17.9 Å². The molecule has 2 atom stereocenters. The Morgan fingerprint density at radius 2 is 2.18 bits per heavy atom. The minimum Gasteiger partial charge on any atom is -0.480 e. The number of hydrogen-bond acceptors (Lipinski definition) is 3. The topological polar surface area (TPSA) is 78.4 Å². The average molecular weight is 260 g/mol. The van der Waals surface area contributed by atoms with Crippen LogP contribution in [0.2, 0.25) is 0 Å². The molecule has 0 aromatic rings. The molecule has 1 aliphatic heterocycles. The van der Waals surface area contributed by atoms with E-state index in [4.69, 9.17) is 5.11 Å². The molecule has 6 heteroatoms. The van der Waals surface area contributed by atoms with Crippen LogP contribution in [0.1, 0.15) is 20.3 Å². The van der Waals surface area contributed by atoms with E-state index in [-0.39, 0.29) is 11.9 Å². The van der Waals surface area contributed by atoms with Gasteiger partial charge in [-0.15, -0.1) is 0 Å². The van der Waals surface area contributed by atoms with E-state index in [9.17, 15) is 9.59 Å². The highest BCUT2D eigenvalue weighted by atomic mass is 32.2. The largest absolute Gasteiger partial charge is 0.480 e. The summed E-state index contributed by atoms with van der Waals surface area (Å²) in [7, 11) is 0. The monoisotopic (exact) mass is 260 g/mol. The predicted molar refractivity (Wildman–Crippen MR) is 68.2 cm³/mol. The van der Waals surface area contributed by atoms with Gasteiger partial charge in [0.25, 0.3) is 0 Å². The second-order valence-corrected chi connectivity index (χ2v) is 5.79. The van der Waals surface area contributed by atoms with E-state index < -0.39 is 12.0 Å². The van der Waals surface area contributed by atoms with Crippen molar-refractivity contribution in [1.29, 1.82) is 0 Å². The van der Waals surface area contributed by atoms with Gasteiger partial charge in [0.2, 0.25) is 0 Å². The van der Waals surface area contributed by atoms with E-state index in [1.807, 2.05) is 11.8 Å². The van der Waals surface area contributed by atoms with Gasteiger partial charge in [0, 0.05) is 6.54 Å². The molecule has 2 amide bonds. The normalized spacial score (nSPS) is 21.2. The Labute approximate surface area is 106 Å². The molecule has 0 aromatic carbocycles. The third-order valence-corrected chi connectivity index (χ3v) is 4.03. The highest BCUT2D eigenvalue weighted by Crippen LogP contribution is 2.22. The molecule has 1 rings (SSSR count). The highest BCUT2D eigenvalue weighted by Gasteiger charge is 2.24. The molecule has 0 spiro atoms. The maximum absolute atomic E-state index is 11.5. The lowest BCUT2D eigenvalue weighted by molar-refractivity contribution is -0.140. The van der Waals surface area contributed by atoms with Gasteiger partial charge in [0.05, 0.1) is 0 Å². The quantitative estimate of drug-likeness (QED) is 0.693. The first-order valence-electron chi connectivity index (χ1n) is 5.85. The maximum Gasteiger partial charge on any atom is 0.326 e. The molecule has 0 aliphatic carbocycles. The van der Waals surface area contributed by atoms with Crippen molar-refractivity contribution < 1.29 is 14.7 Å². The van der Waals surface area contributed by atoms with Crippen LogP contribution in [-0.4, -0.2) is 41.2 Å². The molecular weight excluding hydrogens is 240 g/mol. The average Bonchev–Trinajstić information content (AvgIpc) is 2.74. The zero-order valence-electron chi connectivity index (χ0n) is 10.2. The van der Waals surface area contributed by atoms with Crippen molar-refractivity contribution in [2.45, 2.75) is 26.3 Å². The second kappa shape index (κ2) is 6.74. The van der Waals surface area contributed by atoms with Crippen molar-refractivity contribution >= 4 is 23.8 Å². The van der Waals surface area contributed by atoms with Crippen LogP contribution in [0.25, 0.3) is 0 Å². The molecular formula is C11H20N2O3S. The third kappa shape index (κ3) is 4.85. The van der Waals surface area contributed by atoms with Gasteiger partial charge in [-0.1, -0.05) is 13.8 Å². The summed E-state index contributed by atoms with van der Waals surface area (Å²) in [6, 6.07) is -1.21. The van der Waals surface area contributed by atoms with Gasteiger partial charge >= 0.3 is 12.0 Å². The Morgan fingerprint density at radius 3 is 2.65 bits per heavy atom. The number of carboxylic acid groups (broad SMARTS) is 1. The zero-order valence-corrected chi connectivity index (χ0v) is 11.0. The molecule has 3 N–H and O–H groups in total. The van der Waals surface area contributed by atoms with Gasteiger partial charge in [-0.2, -0.15) is 11.8 Å². The molecule has 0 saturated carbocycles. The standard InChI is InChI=1S/C11H20N2O3S/c1-7(2)9(10(14)15)13-11(16)12-5-8-3-4-17-6-8/h7-9H,3-6H2,1-2H3,(H,14,15)(H2,12,13,16)/t8?,9-/m0/s1. The number of amides is 2. The molecule has 1 saturated heterocycles. The number of rotatable bonds is 5. The molecule has 0 bridgehead atoms. The summed E-state index contributed by atoms with van der Waals surface area (Å²) in [5.41, 5.74) is 0. The fourth-order valence-electron chi connectivity index (χ4n) is 1.69. The number of aliphatic carboxylic acids is 1. The van der Waals surface area contributed by atoms with Crippen molar-refractivity contribution in [1.82, 2.24) is 10.6 Å². The molecule has 1 unspecified atom stereocenters. The number of nitrogens with one attached hydrogen (secondary N) is 2. The number of thioether (sulfide) groups is 1. The van der Waals surface area contributed by atoms with Crippen molar-refractivity contribution in [3.63, 3.8) is 0 Å². The van der Waals surface area contributed by atoms with Crippen LogP contribution < -0.4 is 10.6 Å². The Hall–Kier alpha value is -0.910. The molecule has 1 heterocycles. The van der Waals surface area contributed by atoms with Crippen LogP contribution in [0.15, 0.2) is 0 Å². The molecule has 0 radical (unpaired) electrons. The summed E-state index contributed by atoms with van der Waals surface area (Å²) >= 11 is 1.89. The van der Waals surface area contributed by atoms with Crippen molar-refractivity contribution in [3.05, 3.63) is 0 Å². The minimum atomic E-state index is -0.994. The third-order valence-electron chi connectivity index (χ3n) is 2.79. The first-order chi connectivity index (χ1) is 8.00. The van der Waals surface area contributed by atoms with Crippen LogP contribution in [0.4, 0.5) is 4.79 Å². The van der Waals surface area contributed by atoms with Crippen LogP contribution in [0.5, 0.6) is 0 Å². The SMILES string of the molecule is CC(C)[C@H](NC(=O)NCC1CCSC1)C(=O)O. The molecule has 0 aromatic heterocycles. The summed E-state index contributed by atoms with van der Waals surface area (Å²) in [6.45, 7) is 4.17. The van der Waals surface area contributed by atoms with Crippen molar-refractivity contribution in [3.8, 4) is 0 Å². The van der Waals surface area contributed by atoms with Crippen LogP contribution in [0.3, 0.4) is 0 Å². The van der Waals surface area contributed by atoms with Gasteiger partial charge in [-0.3, -0.25) is 0 Å². The Bertz CT molecular complexity index is 278. The number of carbonyl (C=O) groups excluding carboxylic acids is 1. The predicted octanol–water partition coefficient (Wildman–Crippen LogP) is 1.15. The summed E-state index contributed by atoms with van der Waals surface area (Å²) in [5, 5.41) is 14.1. The molecule has 17 heavy (non-hydrogen) atoms. The smallest absolute Gasteiger partial charge is 0.326 e. The maximum atomic E-state index is 11.5. The van der Waals surface area contributed by atoms with E-state index in [2.05, 4.69) is 10.6 Å². The van der Waals surface area contributed by atoms with Gasteiger partial charge < -0.3 is 15.7 Å². The van der Waals surface area contributed by atoms with E-state index in [0.29, 0.717) is 12.5 Å².